The summed E-state index contributed by atoms with van der Waals surface area (Å²) >= 11 is 0. The van der Waals surface area contributed by atoms with Crippen molar-refractivity contribution >= 4 is 23.5 Å². The standard InChI is InChI=1S/C12H18N3O14P3/c1-3-12(13)9(17)8(26-10(12)15-5-4-7(16)14-11(15)18)6(2)27-31(22,23)29-32(24,25)28-30(19,20)21/h1,4-6,8-10,17H,13H2,2H3,(H,22,23)(H,24,25)(H,14,16,18)(H2,19,20,21)/t6-,8+,9-,10+,12?/m0/s1. The van der Waals surface area contributed by atoms with E-state index >= 15 is 0 Å². The summed E-state index contributed by atoms with van der Waals surface area (Å²) in [6, 6.07) is 0.927. The number of aliphatic hydroxyl groups excluding tert-OH is 1. The molecule has 1 aliphatic rings. The smallest absolute Gasteiger partial charge is 0.387 e. The molecule has 32 heavy (non-hydrogen) atoms. The fraction of sp³-hybridized carbons (Fsp3) is 0.500. The van der Waals surface area contributed by atoms with Gasteiger partial charge in [0, 0.05) is 12.3 Å². The van der Waals surface area contributed by atoms with Crippen LogP contribution in [0.1, 0.15) is 13.2 Å². The van der Waals surface area contributed by atoms with Crippen molar-refractivity contribution in [3.05, 3.63) is 33.1 Å². The van der Waals surface area contributed by atoms with Gasteiger partial charge in [0.1, 0.15) is 12.2 Å². The van der Waals surface area contributed by atoms with Crippen molar-refractivity contribution in [2.24, 2.45) is 5.73 Å². The third kappa shape index (κ3) is 6.10. The largest absolute Gasteiger partial charge is 0.490 e. The molecule has 0 aromatic carbocycles. The maximum absolute atomic E-state index is 12.1. The number of nitrogens with two attached hydrogens (primary N) is 1. The van der Waals surface area contributed by atoms with Crippen LogP contribution in [0.2, 0.25) is 0 Å². The molecule has 0 saturated carbocycles. The van der Waals surface area contributed by atoms with Crippen LogP contribution in [0.25, 0.3) is 0 Å². The van der Waals surface area contributed by atoms with Crippen molar-refractivity contribution in [1.29, 1.82) is 0 Å². The third-order valence-corrected chi connectivity index (χ3v) is 7.95. The van der Waals surface area contributed by atoms with Crippen molar-refractivity contribution in [3.63, 3.8) is 0 Å². The molecule has 2 rings (SSSR count). The number of phosphoric acid groups is 3. The van der Waals surface area contributed by atoms with E-state index in [2.05, 4.69) is 13.1 Å². The minimum absolute atomic E-state index is 0.738. The lowest BCUT2D eigenvalue weighted by Gasteiger charge is -2.28. The number of hydrogen-bond donors (Lipinski definition) is 7. The number of ether oxygens (including phenoxy) is 1. The lowest BCUT2D eigenvalue weighted by atomic mass is 9.90. The Balaban J connectivity index is 2.28. The zero-order valence-electron chi connectivity index (χ0n) is 15.8. The first-order valence-electron chi connectivity index (χ1n) is 8.14. The Kier molecular flexibility index (Phi) is 7.58. The second-order valence-electron chi connectivity index (χ2n) is 6.39. The van der Waals surface area contributed by atoms with Crippen molar-refractivity contribution in [1.82, 2.24) is 9.55 Å². The summed E-state index contributed by atoms with van der Waals surface area (Å²) < 4.78 is 52.0. The molecule has 180 valence electrons. The van der Waals surface area contributed by atoms with Gasteiger partial charge in [0.05, 0.1) is 6.10 Å². The van der Waals surface area contributed by atoms with E-state index in [1.807, 2.05) is 10.9 Å². The lowest BCUT2D eigenvalue weighted by molar-refractivity contribution is -0.0755. The summed E-state index contributed by atoms with van der Waals surface area (Å²) in [5.74, 6) is 2.03. The van der Waals surface area contributed by atoms with Crippen molar-refractivity contribution in [2.45, 2.75) is 37.0 Å². The molecule has 2 heterocycles. The Morgan fingerprint density at radius 1 is 1.25 bits per heavy atom. The first-order chi connectivity index (χ1) is 14.4. The molecule has 1 aromatic rings. The van der Waals surface area contributed by atoms with Crippen molar-refractivity contribution in [3.8, 4) is 12.3 Å². The monoisotopic (exact) mass is 521 g/mol. The molecule has 1 aliphatic heterocycles. The van der Waals surface area contributed by atoms with Crippen LogP contribution in [-0.4, -0.2) is 58.1 Å². The van der Waals surface area contributed by atoms with Gasteiger partial charge in [0.2, 0.25) is 0 Å². The first-order valence-corrected chi connectivity index (χ1v) is 12.7. The number of H-pyrrole nitrogens is 1. The highest BCUT2D eigenvalue weighted by Crippen LogP contribution is 2.66. The number of aliphatic hydroxyl groups is 1. The van der Waals surface area contributed by atoms with Gasteiger partial charge >= 0.3 is 29.2 Å². The van der Waals surface area contributed by atoms with E-state index in [1.165, 1.54) is 0 Å². The van der Waals surface area contributed by atoms with Crippen LogP contribution < -0.4 is 17.0 Å². The van der Waals surface area contributed by atoms with Crippen LogP contribution in [0.3, 0.4) is 0 Å². The van der Waals surface area contributed by atoms with E-state index in [1.54, 1.807) is 0 Å². The third-order valence-electron chi connectivity index (χ3n) is 4.03. The SMILES string of the molecule is C#CC1(N)[C@@H](O)[C@@H]([C@H](C)OP(=O)(O)OP(=O)(O)OP(=O)(O)O)O[C@H]1n1ccc(=O)[nH]c1=O. The fourth-order valence-electron chi connectivity index (χ4n) is 2.75. The van der Waals surface area contributed by atoms with Crippen LogP contribution in [0, 0.1) is 12.3 Å². The van der Waals surface area contributed by atoms with E-state index in [4.69, 9.17) is 26.7 Å². The van der Waals surface area contributed by atoms with E-state index < -0.39 is 64.8 Å². The summed E-state index contributed by atoms with van der Waals surface area (Å²) in [5, 5.41) is 10.5. The van der Waals surface area contributed by atoms with E-state index in [-0.39, 0.29) is 0 Å². The summed E-state index contributed by atoms with van der Waals surface area (Å²) in [4.78, 5) is 61.1. The molecule has 17 nitrogen and oxygen atoms in total. The number of nitrogens with zero attached hydrogens (tertiary/aromatic N) is 1. The minimum Gasteiger partial charge on any atom is -0.387 e. The van der Waals surface area contributed by atoms with Gasteiger partial charge in [-0.3, -0.25) is 18.9 Å². The van der Waals surface area contributed by atoms with Crippen LogP contribution in [0.15, 0.2) is 21.9 Å². The molecule has 3 unspecified atom stereocenters. The molecule has 20 heteroatoms. The van der Waals surface area contributed by atoms with Crippen molar-refractivity contribution in [2.75, 3.05) is 0 Å². The summed E-state index contributed by atoms with van der Waals surface area (Å²) in [6.07, 6.45) is -0.472. The number of aromatic nitrogens is 2. The normalized spacial score (nSPS) is 30.8. The van der Waals surface area contributed by atoms with Gasteiger partial charge in [0.15, 0.2) is 11.8 Å². The Hall–Kier alpha value is -1.47. The molecule has 0 amide bonds. The average molecular weight is 521 g/mol. The van der Waals surface area contributed by atoms with Crippen molar-refractivity contribution < 1.29 is 56.3 Å². The first kappa shape index (κ1) is 26.8. The van der Waals surface area contributed by atoms with Crippen LogP contribution in [0.4, 0.5) is 0 Å². The molecule has 1 aromatic heterocycles. The minimum atomic E-state index is -5.78. The van der Waals surface area contributed by atoms with Gasteiger partial charge in [-0.2, -0.15) is 8.62 Å². The van der Waals surface area contributed by atoms with E-state index in [0.29, 0.717) is 0 Å². The van der Waals surface area contributed by atoms with E-state index in [9.17, 15) is 38.2 Å². The lowest BCUT2D eigenvalue weighted by Crippen LogP contribution is -2.55. The molecule has 0 aliphatic carbocycles. The van der Waals surface area contributed by atoms with Gasteiger partial charge in [-0.15, -0.1) is 6.42 Å². The van der Waals surface area contributed by atoms with Gasteiger partial charge < -0.3 is 35.2 Å². The van der Waals surface area contributed by atoms with Crippen LogP contribution in [-0.2, 0) is 31.6 Å². The zero-order valence-corrected chi connectivity index (χ0v) is 18.5. The predicted octanol–water partition coefficient (Wildman–Crippen LogP) is -2.14. The number of terminal acetylenes is 1. The maximum atomic E-state index is 12.1. The van der Waals surface area contributed by atoms with Crippen LogP contribution >= 0.6 is 23.5 Å². The number of phosphoric ester groups is 1. The number of rotatable bonds is 8. The Morgan fingerprint density at radius 2 is 1.84 bits per heavy atom. The highest BCUT2D eigenvalue weighted by Gasteiger charge is 2.57. The fourth-order valence-corrected chi connectivity index (χ4v) is 5.95. The maximum Gasteiger partial charge on any atom is 0.490 e. The Bertz CT molecular complexity index is 1170. The molecule has 0 bridgehead atoms. The molecule has 1 saturated heterocycles. The second kappa shape index (κ2) is 9.05. The average Bonchev–Trinajstić information content (AvgIpc) is 2.84. The molecule has 7 atom stereocenters. The molecule has 8 N–H and O–H groups in total. The highest BCUT2D eigenvalue weighted by molar-refractivity contribution is 7.66. The molecular formula is C12H18N3O14P3. The molecule has 1 fully saturated rings. The summed E-state index contributed by atoms with van der Waals surface area (Å²) in [7, 11) is -17.0. The summed E-state index contributed by atoms with van der Waals surface area (Å²) in [5.41, 5.74) is 2.08. The Labute approximate surface area is 178 Å². The number of hydrogen-bond acceptors (Lipinski definition) is 11. The van der Waals surface area contributed by atoms with Gasteiger partial charge in [-0.1, -0.05) is 5.92 Å². The van der Waals surface area contributed by atoms with Gasteiger partial charge in [-0.05, 0) is 6.92 Å². The quantitative estimate of drug-likeness (QED) is 0.142. The predicted molar refractivity (Wildman–Crippen MR) is 101 cm³/mol. The zero-order chi connectivity index (χ0) is 24.7. The highest BCUT2D eigenvalue weighted by atomic mass is 31.3. The summed E-state index contributed by atoms with van der Waals surface area (Å²) in [6.45, 7) is 1.02. The Morgan fingerprint density at radius 3 is 2.34 bits per heavy atom. The van der Waals surface area contributed by atoms with Gasteiger partial charge in [0.25, 0.3) is 5.56 Å². The number of aromatic amines is 1. The second-order valence-corrected chi connectivity index (χ2v) is 10.8. The topological polar surface area (TPSA) is 270 Å². The van der Waals surface area contributed by atoms with Gasteiger partial charge in [-0.25, -0.2) is 18.5 Å². The molecular weight excluding hydrogens is 503 g/mol. The molecule has 0 radical (unpaired) electrons. The van der Waals surface area contributed by atoms with E-state index in [0.717, 1.165) is 23.8 Å². The number of nitrogens with one attached hydrogen (secondary N) is 1. The van der Waals surface area contributed by atoms with Crippen LogP contribution in [0.5, 0.6) is 0 Å². The molecule has 0 spiro atoms.